The zero-order valence-electron chi connectivity index (χ0n) is 23.8. The lowest BCUT2D eigenvalue weighted by atomic mass is 9.98. The first-order valence-electron chi connectivity index (χ1n) is 14.1. The summed E-state index contributed by atoms with van der Waals surface area (Å²) in [5.74, 6) is 0.334. The summed E-state index contributed by atoms with van der Waals surface area (Å²) < 4.78 is 12.6. The van der Waals surface area contributed by atoms with E-state index in [0.29, 0.717) is 0 Å². The molecule has 1 aromatic heterocycles. The number of ether oxygens (including phenoxy) is 2. The summed E-state index contributed by atoms with van der Waals surface area (Å²) >= 11 is 0. The fraction of sp³-hybridized carbons (Fsp3) is 0.303. The van der Waals surface area contributed by atoms with Crippen molar-refractivity contribution in [3.05, 3.63) is 95.3 Å². The highest BCUT2D eigenvalue weighted by molar-refractivity contribution is 5.88. The number of fused-ring (bicyclic) bond motifs is 4. The molecule has 0 spiro atoms. The lowest BCUT2D eigenvalue weighted by Crippen LogP contribution is -2.29. The maximum absolute atomic E-state index is 12.9. The van der Waals surface area contributed by atoms with E-state index in [1.807, 2.05) is 42.5 Å². The van der Waals surface area contributed by atoms with E-state index < -0.39 is 12.1 Å². The van der Waals surface area contributed by atoms with Crippen molar-refractivity contribution in [2.45, 2.75) is 32.9 Å². The normalized spacial score (nSPS) is 12.6. The first-order chi connectivity index (χ1) is 20.0. The molecule has 0 saturated heterocycles. The van der Waals surface area contributed by atoms with Gasteiger partial charge in [0.25, 0.3) is 0 Å². The van der Waals surface area contributed by atoms with Crippen LogP contribution in [0.5, 0.6) is 0 Å². The summed E-state index contributed by atoms with van der Waals surface area (Å²) in [6, 6.07) is 22.4. The smallest absolute Gasteiger partial charge is 0.407 e. The van der Waals surface area contributed by atoms with Crippen LogP contribution in [-0.2, 0) is 27.4 Å². The first kappa shape index (κ1) is 28.1. The van der Waals surface area contributed by atoms with Crippen LogP contribution in [0.2, 0.25) is 0 Å². The molecule has 4 aromatic rings. The lowest BCUT2D eigenvalue weighted by Gasteiger charge is -2.19. The molecular formula is C33H36N4O4. The second-order valence-electron chi connectivity index (χ2n) is 9.99. The number of likely N-dealkylation sites (N-methyl/N-ethyl adjacent to an activating group) is 1. The summed E-state index contributed by atoms with van der Waals surface area (Å²) in [5.41, 5.74) is 7.35. The van der Waals surface area contributed by atoms with Crippen molar-refractivity contribution < 1.29 is 19.1 Å². The van der Waals surface area contributed by atoms with Crippen molar-refractivity contribution in [3.8, 4) is 11.1 Å². The fourth-order valence-corrected chi connectivity index (χ4v) is 5.50. The number of esters is 1. The van der Waals surface area contributed by atoms with Crippen LogP contribution in [0.1, 0.15) is 42.3 Å². The largest absolute Gasteiger partial charge is 0.466 e. The standard InChI is InChI=1S/C33H36N4O4/c1-4-36(5-2)18-19-37-30-16-14-23(15-17-32(38)40-3)20-29(30)35-31(37)21-34-33(39)41-22-28-26-12-8-6-10-24(26)25-11-7-9-13-27(25)28/h6-17,20,28H,4-5,18-19,21-22H2,1-3H3,(H,34,39)/b17-15+. The molecular weight excluding hydrogens is 516 g/mol. The summed E-state index contributed by atoms with van der Waals surface area (Å²) in [6.45, 7) is 8.30. The molecule has 0 atom stereocenters. The monoisotopic (exact) mass is 552 g/mol. The number of aromatic nitrogens is 2. The number of alkyl carbamates (subject to hydrolysis) is 1. The molecule has 212 valence electrons. The Kier molecular flexibility index (Phi) is 8.79. The van der Waals surface area contributed by atoms with Gasteiger partial charge in [0.1, 0.15) is 12.4 Å². The van der Waals surface area contributed by atoms with Gasteiger partial charge < -0.3 is 24.3 Å². The van der Waals surface area contributed by atoms with Gasteiger partial charge in [0, 0.05) is 25.1 Å². The van der Waals surface area contributed by atoms with Crippen molar-refractivity contribution in [1.29, 1.82) is 0 Å². The predicted octanol–water partition coefficient (Wildman–Crippen LogP) is 5.60. The topological polar surface area (TPSA) is 85.7 Å². The zero-order chi connectivity index (χ0) is 28.8. The predicted molar refractivity (Wildman–Crippen MR) is 160 cm³/mol. The Morgan fingerprint density at radius 2 is 1.68 bits per heavy atom. The highest BCUT2D eigenvalue weighted by atomic mass is 16.5. The van der Waals surface area contributed by atoms with Crippen LogP contribution in [0.4, 0.5) is 4.79 Å². The quantitative estimate of drug-likeness (QED) is 0.193. The number of amides is 1. The van der Waals surface area contributed by atoms with Crippen LogP contribution in [0.25, 0.3) is 28.2 Å². The highest BCUT2D eigenvalue weighted by Crippen LogP contribution is 2.44. The lowest BCUT2D eigenvalue weighted by molar-refractivity contribution is -0.134. The van der Waals surface area contributed by atoms with Crippen molar-refractivity contribution in [2.75, 3.05) is 33.4 Å². The van der Waals surface area contributed by atoms with Gasteiger partial charge in [-0.2, -0.15) is 0 Å². The Morgan fingerprint density at radius 1 is 1.00 bits per heavy atom. The fourth-order valence-electron chi connectivity index (χ4n) is 5.50. The van der Waals surface area contributed by atoms with Gasteiger partial charge in [0.05, 0.1) is 24.7 Å². The molecule has 41 heavy (non-hydrogen) atoms. The van der Waals surface area contributed by atoms with Gasteiger partial charge in [-0.25, -0.2) is 14.6 Å². The number of benzene rings is 3. The van der Waals surface area contributed by atoms with Crippen molar-refractivity contribution in [2.24, 2.45) is 0 Å². The minimum atomic E-state index is -0.476. The van der Waals surface area contributed by atoms with E-state index in [2.05, 4.69) is 52.9 Å². The van der Waals surface area contributed by atoms with E-state index in [-0.39, 0.29) is 19.1 Å². The highest BCUT2D eigenvalue weighted by Gasteiger charge is 2.29. The summed E-state index contributed by atoms with van der Waals surface area (Å²) in [4.78, 5) is 31.6. The average molecular weight is 553 g/mol. The van der Waals surface area contributed by atoms with E-state index in [0.717, 1.165) is 48.6 Å². The number of rotatable bonds is 11. The van der Waals surface area contributed by atoms with Gasteiger partial charge in [-0.15, -0.1) is 0 Å². The van der Waals surface area contributed by atoms with E-state index in [9.17, 15) is 9.59 Å². The van der Waals surface area contributed by atoms with Crippen LogP contribution in [-0.4, -0.2) is 59.9 Å². The summed E-state index contributed by atoms with van der Waals surface area (Å²) in [7, 11) is 1.35. The van der Waals surface area contributed by atoms with Gasteiger partial charge in [-0.1, -0.05) is 68.4 Å². The molecule has 8 nitrogen and oxygen atoms in total. The molecule has 0 aliphatic heterocycles. The van der Waals surface area contributed by atoms with Crippen LogP contribution in [0.15, 0.2) is 72.8 Å². The molecule has 1 aliphatic rings. The van der Waals surface area contributed by atoms with Crippen LogP contribution in [0.3, 0.4) is 0 Å². The van der Waals surface area contributed by atoms with E-state index in [1.165, 1.54) is 35.4 Å². The molecule has 1 amide bonds. The van der Waals surface area contributed by atoms with Crippen LogP contribution >= 0.6 is 0 Å². The molecule has 0 bridgehead atoms. The molecule has 8 heteroatoms. The van der Waals surface area contributed by atoms with Crippen molar-refractivity contribution in [1.82, 2.24) is 19.8 Å². The number of carbonyl (C=O) groups is 2. The Morgan fingerprint density at radius 3 is 2.34 bits per heavy atom. The molecule has 5 rings (SSSR count). The minimum absolute atomic E-state index is 0.00302. The first-order valence-corrected chi connectivity index (χ1v) is 14.1. The number of hydrogen-bond donors (Lipinski definition) is 1. The van der Waals surface area contributed by atoms with Crippen molar-refractivity contribution >= 4 is 29.2 Å². The maximum atomic E-state index is 12.9. The SMILES string of the molecule is CCN(CC)CCn1c(CNC(=O)OCC2c3ccccc3-c3ccccc32)nc2cc(/C=C/C(=O)OC)ccc21. The van der Waals surface area contributed by atoms with Crippen LogP contribution < -0.4 is 5.32 Å². The molecule has 3 aromatic carbocycles. The van der Waals surface area contributed by atoms with Gasteiger partial charge >= 0.3 is 12.1 Å². The number of imidazole rings is 1. The number of nitrogens with zero attached hydrogens (tertiary/aromatic N) is 3. The maximum Gasteiger partial charge on any atom is 0.407 e. The molecule has 0 fully saturated rings. The third kappa shape index (κ3) is 6.18. The van der Waals surface area contributed by atoms with E-state index >= 15 is 0 Å². The third-order valence-electron chi connectivity index (χ3n) is 7.73. The Labute approximate surface area is 240 Å². The van der Waals surface area contributed by atoms with Crippen LogP contribution in [0, 0.1) is 0 Å². The van der Waals surface area contributed by atoms with Gasteiger partial charge in [-0.05, 0) is 59.1 Å². The molecule has 0 radical (unpaired) electrons. The van der Waals surface area contributed by atoms with E-state index in [1.54, 1.807) is 6.08 Å². The third-order valence-corrected chi connectivity index (χ3v) is 7.73. The Bertz CT molecular complexity index is 1530. The Balaban J connectivity index is 1.30. The van der Waals surface area contributed by atoms with Gasteiger partial charge in [0.15, 0.2) is 0 Å². The summed E-state index contributed by atoms with van der Waals surface area (Å²) in [5, 5.41) is 2.92. The second-order valence-corrected chi connectivity index (χ2v) is 9.99. The Hall–Kier alpha value is -4.43. The second kappa shape index (κ2) is 12.8. The van der Waals surface area contributed by atoms with Gasteiger partial charge in [0.2, 0.25) is 0 Å². The number of carbonyl (C=O) groups excluding carboxylic acids is 2. The van der Waals surface area contributed by atoms with Crippen molar-refractivity contribution in [3.63, 3.8) is 0 Å². The number of hydrogen-bond acceptors (Lipinski definition) is 6. The van der Waals surface area contributed by atoms with Gasteiger partial charge in [-0.3, -0.25) is 0 Å². The molecule has 1 N–H and O–H groups in total. The number of methoxy groups -OCH3 is 1. The molecule has 1 aliphatic carbocycles. The minimum Gasteiger partial charge on any atom is -0.466 e. The molecule has 1 heterocycles. The molecule has 0 saturated carbocycles. The average Bonchev–Trinajstić information content (AvgIpc) is 3.52. The number of nitrogens with one attached hydrogen (secondary N) is 1. The molecule has 0 unspecified atom stereocenters. The summed E-state index contributed by atoms with van der Waals surface area (Å²) in [6.07, 6.45) is 2.61. The van der Waals surface area contributed by atoms with E-state index in [4.69, 9.17) is 14.5 Å². The zero-order valence-corrected chi connectivity index (χ0v) is 23.8.